The number of allylic oxidation sites excluding steroid dienone is 1. The zero-order chi connectivity index (χ0) is 14.2. The fourth-order valence-corrected chi connectivity index (χ4v) is 2.22. The van der Waals surface area contributed by atoms with Crippen LogP contribution < -0.4 is 0 Å². The van der Waals surface area contributed by atoms with Crippen molar-refractivity contribution in [2.75, 3.05) is 20.6 Å². The molecule has 0 aromatic heterocycles. The van der Waals surface area contributed by atoms with Crippen LogP contribution in [0.1, 0.15) is 46.0 Å². The first-order valence-electron chi connectivity index (χ1n) is 6.78. The quantitative estimate of drug-likeness (QED) is 0.380. The molecule has 0 aromatic rings. The summed E-state index contributed by atoms with van der Waals surface area (Å²) < 4.78 is 0.280. The molecule has 4 nitrogen and oxygen atoms in total. The van der Waals surface area contributed by atoms with Crippen LogP contribution in [0, 0.1) is 0 Å². The molecule has 0 heterocycles. The van der Waals surface area contributed by atoms with Gasteiger partial charge in [-0.05, 0) is 18.9 Å². The molecule has 0 fully saturated rings. The SMILES string of the molecule is CCCCC/C=C(\O)C[N+](C)(C)C(CC)C(=O)O. The van der Waals surface area contributed by atoms with Crippen molar-refractivity contribution in [1.29, 1.82) is 0 Å². The van der Waals surface area contributed by atoms with Crippen molar-refractivity contribution in [3.05, 3.63) is 11.8 Å². The molecule has 0 rings (SSSR count). The highest BCUT2D eigenvalue weighted by Crippen LogP contribution is 2.14. The molecule has 0 radical (unpaired) electrons. The van der Waals surface area contributed by atoms with Gasteiger partial charge in [0.2, 0.25) is 0 Å². The van der Waals surface area contributed by atoms with Crippen molar-refractivity contribution in [2.24, 2.45) is 0 Å². The van der Waals surface area contributed by atoms with Gasteiger partial charge in [0.25, 0.3) is 0 Å². The van der Waals surface area contributed by atoms with Crippen LogP contribution in [-0.4, -0.2) is 47.3 Å². The standard InChI is InChI=1S/C14H27NO3/c1-5-7-8-9-10-12(16)11-15(3,4)13(6-2)14(17)18/h10,13H,5-9,11H2,1-4H3,(H-,16,17,18)/p+1/b12-10-. The molecular formula is C14H28NO3+. The lowest BCUT2D eigenvalue weighted by Crippen LogP contribution is -2.53. The molecule has 1 atom stereocenters. The number of aliphatic hydroxyl groups excluding tert-OH is 1. The lowest BCUT2D eigenvalue weighted by molar-refractivity contribution is -0.903. The number of carboxylic acid groups (broad SMARTS) is 1. The minimum Gasteiger partial charge on any atom is -0.507 e. The number of likely N-dealkylation sites (N-methyl/N-ethyl adjacent to an activating group) is 1. The van der Waals surface area contributed by atoms with Gasteiger partial charge in [0.15, 0.2) is 6.04 Å². The van der Waals surface area contributed by atoms with E-state index in [0.717, 1.165) is 25.7 Å². The zero-order valence-electron chi connectivity index (χ0n) is 12.1. The topological polar surface area (TPSA) is 57.5 Å². The molecule has 0 saturated carbocycles. The highest BCUT2D eigenvalue weighted by molar-refractivity contribution is 5.72. The molecule has 0 aliphatic heterocycles. The van der Waals surface area contributed by atoms with Gasteiger partial charge in [0.05, 0.1) is 14.1 Å². The molecular weight excluding hydrogens is 230 g/mol. The Bertz CT molecular complexity index is 285. The van der Waals surface area contributed by atoms with Gasteiger partial charge in [-0.2, -0.15) is 0 Å². The fourth-order valence-electron chi connectivity index (χ4n) is 2.22. The predicted molar refractivity (Wildman–Crippen MR) is 73.5 cm³/mol. The largest absolute Gasteiger partial charge is 0.507 e. The van der Waals surface area contributed by atoms with Crippen molar-refractivity contribution >= 4 is 5.97 Å². The summed E-state index contributed by atoms with van der Waals surface area (Å²) in [5.41, 5.74) is 0. The highest BCUT2D eigenvalue weighted by Gasteiger charge is 2.33. The van der Waals surface area contributed by atoms with Crippen molar-refractivity contribution < 1.29 is 19.5 Å². The van der Waals surface area contributed by atoms with Gasteiger partial charge in [-0.1, -0.05) is 26.7 Å². The van der Waals surface area contributed by atoms with Crippen LogP contribution in [0.2, 0.25) is 0 Å². The lowest BCUT2D eigenvalue weighted by Gasteiger charge is -2.34. The summed E-state index contributed by atoms with van der Waals surface area (Å²) in [6.07, 6.45) is 6.64. The summed E-state index contributed by atoms with van der Waals surface area (Å²) in [6.45, 7) is 4.38. The number of aliphatic carboxylic acids is 1. The molecule has 0 bridgehead atoms. The third-order valence-corrected chi connectivity index (χ3v) is 3.27. The van der Waals surface area contributed by atoms with E-state index in [0.29, 0.717) is 18.7 Å². The Kier molecular flexibility index (Phi) is 7.67. The Morgan fingerprint density at radius 1 is 1.22 bits per heavy atom. The molecule has 0 saturated heterocycles. The molecule has 0 amide bonds. The summed E-state index contributed by atoms with van der Waals surface area (Å²) in [7, 11) is 3.69. The summed E-state index contributed by atoms with van der Waals surface area (Å²) in [5.74, 6) is -0.503. The van der Waals surface area contributed by atoms with Crippen molar-refractivity contribution in [3.8, 4) is 0 Å². The Hall–Kier alpha value is -1.03. The van der Waals surface area contributed by atoms with E-state index in [1.807, 2.05) is 27.1 Å². The molecule has 2 N–H and O–H groups in total. The van der Waals surface area contributed by atoms with E-state index in [4.69, 9.17) is 5.11 Å². The van der Waals surface area contributed by atoms with Crippen LogP contribution in [0.3, 0.4) is 0 Å². The Labute approximate surface area is 111 Å². The molecule has 1 unspecified atom stereocenters. The van der Waals surface area contributed by atoms with E-state index in [9.17, 15) is 9.90 Å². The van der Waals surface area contributed by atoms with Crippen LogP contribution in [0.25, 0.3) is 0 Å². The third kappa shape index (κ3) is 6.05. The second-order valence-corrected chi connectivity index (χ2v) is 5.39. The van der Waals surface area contributed by atoms with Crippen molar-refractivity contribution in [3.63, 3.8) is 0 Å². The molecule has 0 aliphatic carbocycles. The minimum absolute atomic E-state index is 0.280. The van der Waals surface area contributed by atoms with E-state index in [1.165, 1.54) is 0 Å². The van der Waals surface area contributed by atoms with Crippen molar-refractivity contribution in [1.82, 2.24) is 0 Å². The number of hydrogen-bond donors (Lipinski definition) is 2. The smallest absolute Gasteiger partial charge is 0.362 e. The van der Waals surface area contributed by atoms with E-state index in [2.05, 4.69) is 6.92 Å². The molecule has 0 aromatic carbocycles. The average molecular weight is 258 g/mol. The number of carbonyl (C=O) groups is 1. The summed E-state index contributed by atoms with van der Waals surface area (Å²) in [4.78, 5) is 11.1. The second kappa shape index (κ2) is 8.14. The second-order valence-electron chi connectivity index (χ2n) is 5.39. The highest BCUT2D eigenvalue weighted by atomic mass is 16.4. The van der Waals surface area contributed by atoms with Gasteiger partial charge < -0.3 is 14.7 Å². The van der Waals surface area contributed by atoms with Gasteiger partial charge in [-0.3, -0.25) is 0 Å². The maximum absolute atomic E-state index is 11.1. The predicted octanol–water partition coefficient (Wildman–Crippen LogP) is 2.95. The fraction of sp³-hybridized carbons (Fsp3) is 0.786. The zero-order valence-corrected chi connectivity index (χ0v) is 12.1. The monoisotopic (exact) mass is 258 g/mol. The Morgan fingerprint density at radius 3 is 2.28 bits per heavy atom. The normalized spacial score (nSPS) is 14.6. The number of aliphatic hydroxyl groups is 1. The van der Waals surface area contributed by atoms with Crippen LogP contribution in [-0.2, 0) is 4.79 Å². The average Bonchev–Trinajstić information content (AvgIpc) is 2.23. The Morgan fingerprint density at radius 2 is 1.83 bits per heavy atom. The summed E-state index contributed by atoms with van der Waals surface area (Å²) in [6, 6.07) is -0.476. The first-order valence-corrected chi connectivity index (χ1v) is 6.78. The summed E-state index contributed by atoms with van der Waals surface area (Å²) in [5, 5.41) is 19.0. The van der Waals surface area contributed by atoms with Crippen LogP contribution in [0.4, 0.5) is 0 Å². The maximum atomic E-state index is 11.1. The van der Waals surface area contributed by atoms with Crippen LogP contribution in [0.5, 0.6) is 0 Å². The van der Waals surface area contributed by atoms with Crippen LogP contribution >= 0.6 is 0 Å². The lowest BCUT2D eigenvalue weighted by atomic mass is 10.1. The van der Waals surface area contributed by atoms with E-state index in [1.54, 1.807) is 0 Å². The third-order valence-electron chi connectivity index (χ3n) is 3.27. The molecule has 106 valence electrons. The molecule has 18 heavy (non-hydrogen) atoms. The Balaban J connectivity index is 4.41. The molecule has 0 aliphatic rings. The van der Waals surface area contributed by atoms with Gasteiger partial charge >= 0.3 is 5.97 Å². The van der Waals surface area contributed by atoms with Gasteiger partial charge in [0.1, 0.15) is 12.3 Å². The summed E-state index contributed by atoms with van der Waals surface area (Å²) >= 11 is 0. The number of rotatable bonds is 9. The first-order chi connectivity index (χ1) is 8.35. The number of hydrogen-bond acceptors (Lipinski definition) is 2. The van der Waals surface area contributed by atoms with Gasteiger partial charge in [-0.25, -0.2) is 4.79 Å². The number of unbranched alkanes of at least 4 members (excludes halogenated alkanes) is 3. The number of carboxylic acids is 1. The van der Waals surface area contributed by atoms with E-state index < -0.39 is 12.0 Å². The number of nitrogens with zero attached hydrogens (tertiary/aromatic N) is 1. The number of quaternary nitrogens is 1. The van der Waals surface area contributed by atoms with Gasteiger partial charge in [-0.15, -0.1) is 0 Å². The van der Waals surface area contributed by atoms with E-state index >= 15 is 0 Å². The molecule has 0 spiro atoms. The van der Waals surface area contributed by atoms with Gasteiger partial charge in [0, 0.05) is 6.42 Å². The molecule has 4 heteroatoms. The van der Waals surface area contributed by atoms with Crippen LogP contribution in [0.15, 0.2) is 11.8 Å². The maximum Gasteiger partial charge on any atom is 0.362 e. The van der Waals surface area contributed by atoms with Crippen molar-refractivity contribution in [2.45, 2.75) is 52.0 Å². The minimum atomic E-state index is -0.804. The first kappa shape index (κ1) is 17.0. The van der Waals surface area contributed by atoms with E-state index in [-0.39, 0.29) is 4.48 Å².